The fourth-order valence-electron chi connectivity index (χ4n) is 1.42. The van der Waals surface area contributed by atoms with E-state index in [-0.39, 0.29) is 12.4 Å². The van der Waals surface area contributed by atoms with E-state index in [1.54, 1.807) is 0 Å². The summed E-state index contributed by atoms with van der Waals surface area (Å²) in [5, 5.41) is 4.14. The lowest BCUT2D eigenvalue weighted by Gasteiger charge is -2.12. The second-order valence-corrected chi connectivity index (χ2v) is 4.71. The van der Waals surface area contributed by atoms with Gasteiger partial charge in [0.25, 0.3) is 0 Å². The highest BCUT2D eigenvalue weighted by Gasteiger charge is 2.04. The maximum Gasteiger partial charge on any atom is 0.137 e. The van der Waals surface area contributed by atoms with Gasteiger partial charge in [-0.2, -0.15) is 0 Å². The zero-order valence-corrected chi connectivity index (χ0v) is 12.9. The summed E-state index contributed by atoms with van der Waals surface area (Å²) in [5.41, 5.74) is 1.19. The summed E-state index contributed by atoms with van der Waals surface area (Å²) >= 11 is 6.16. The third kappa shape index (κ3) is 5.94. The van der Waals surface area contributed by atoms with Gasteiger partial charge in [-0.25, -0.2) is 0 Å². The van der Waals surface area contributed by atoms with Crippen LogP contribution in [-0.2, 0) is 6.54 Å². The maximum atomic E-state index is 6.16. The second-order valence-electron chi connectivity index (χ2n) is 4.30. The van der Waals surface area contributed by atoms with Gasteiger partial charge in [0.1, 0.15) is 5.75 Å². The molecular formula is C14H23Cl2NO. The molecule has 0 spiro atoms. The van der Waals surface area contributed by atoms with Crippen molar-refractivity contribution in [2.75, 3.05) is 6.61 Å². The Hall–Kier alpha value is -0.440. The molecule has 0 aromatic heterocycles. The molecule has 1 rings (SSSR count). The highest BCUT2D eigenvalue weighted by molar-refractivity contribution is 6.32. The maximum absolute atomic E-state index is 6.16. The predicted octanol–water partition coefficient (Wildman–Crippen LogP) is 4.44. The van der Waals surface area contributed by atoms with Crippen molar-refractivity contribution in [1.29, 1.82) is 0 Å². The number of nitrogens with one attached hydrogen (secondary N) is 1. The third-order valence-corrected chi connectivity index (χ3v) is 3.02. The fraction of sp³-hybridized carbons (Fsp3) is 0.571. The fourth-order valence-corrected chi connectivity index (χ4v) is 1.68. The van der Waals surface area contributed by atoms with Crippen LogP contribution in [0.3, 0.4) is 0 Å². The summed E-state index contributed by atoms with van der Waals surface area (Å²) in [6, 6.07) is 6.52. The Morgan fingerprint density at radius 2 is 2.06 bits per heavy atom. The molecular weight excluding hydrogens is 269 g/mol. The predicted molar refractivity (Wildman–Crippen MR) is 81.1 cm³/mol. The Bertz CT molecular complexity index is 345. The van der Waals surface area contributed by atoms with E-state index in [2.05, 4.69) is 32.2 Å². The van der Waals surface area contributed by atoms with Crippen LogP contribution in [-0.4, -0.2) is 12.6 Å². The summed E-state index contributed by atoms with van der Waals surface area (Å²) < 4.78 is 5.54. The third-order valence-electron chi connectivity index (χ3n) is 2.73. The summed E-state index contributed by atoms with van der Waals surface area (Å²) in [4.78, 5) is 0. The average Bonchev–Trinajstić information content (AvgIpc) is 2.34. The van der Waals surface area contributed by atoms with Gasteiger partial charge in [-0.1, -0.05) is 31.5 Å². The summed E-state index contributed by atoms with van der Waals surface area (Å²) in [5.74, 6) is 0.779. The molecule has 0 aliphatic carbocycles. The Morgan fingerprint density at radius 1 is 1.33 bits per heavy atom. The van der Waals surface area contributed by atoms with E-state index < -0.39 is 0 Å². The average molecular weight is 292 g/mol. The highest BCUT2D eigenvalue weighted by atomic mass is 35.5. The van der Waals surface area contributed by atoms with Gasteiger partial charge in [-0.05, 0) is 37.5 Å². The first-order valence-corrected chi connectivity index (χ1v) is 6.69. The molecule has 0 bridgehead atoms. The monoisotopic (exact) mass is 291 g/mol. The summed E-state index contributed by atoms with van der Waals surface area (Å²) in [6.45, 7) is 8.00. The molecule has 1 atom stereocenters. The van der Waals surface area contributed by atoms with Crippen LogP contribution in [0.5, 0.6) is 5.75 Å². The molecule has 1 aromatic rings. The summed E-state index contributed by atoms with van der Waals surface area (Å²) in [6.07, 6.45) is 2.12. The van der Waals surface area contributed by atoms with Crippen molar-refractivity contribution in [2.45, 2.75) is 46.2 Å². The molecule has 1 aromatic carbocycles. The molecule has 4 heteroatoms. The van der Waals surface area contributed by atoms with Crippen LogP contribution in [0.2, 0.25) is 5.02 Å². The lowest BCUT2D eigenvalue weighted by atomic mass is 10.2. The molecule has 0 radical (unpaired) electrons. The largest absolute Gasteiger partial charge is 0.492 e. The van der Waals surface area contributed by atoms with E-state index in [4.69, 9.17) is 16.3 Å². The van der Waals surface area contributed by atoms with Gasteiger partial charge in [0.2, 0.25) is 0 Å². The zero-order valence-electron chi connectivity index (χ0n) is 11.3. The van der Waals surface area contributed by atoms with Crippen molar-refractivity contribution in [2.24, 2.45) is 0 Å². The molecule has 0 saturated heterocycles. The number of ether oxygens (including phenoxy) is 1. The summed E-state index contributed by atoms with van der Waals surface area (Å²) in [7, 11) is 0. The van der Waals surface area contributed by atoms with Crippen molar-refractivity contribution in [3.8, 4) is 5.75 Å². The molecule has 0 aliphatic heterocycles. The minimum atomic E-state index is 0. The van der Waals surface area contributed by atoms with Crippen molar-refractivity contribution >= 4 is 24.0 Å². The Kier molecular flexibility index (Phi) is 9.25. The SMILES string of the molecule is CCCOc1ccc(CNC(C)CC)cc1Cl.Cl. The Balaban J connectivity index is 0.00000289. The van der Waals surface area contributed by atoms with E-state index in [1.807, 2.05) is 12.1 Å². The molecule has 0 aliphatic rings. The van der Waals surface area contributed by atoms with E-state index in [0.29, 0.717) is 17.7 Å². The minimum absolute atomic E-state index is 0. The zero-order chi connectivity index (χ0) is 12.7. The van der Waals surface area contributed by atoms with Gasteiger partial charge in [-0.15, -0.1) is 12.4 Å². The van der Waals surface area contributed by atoms with Gasteiger partial charge >= 0.3 is 0 Å². The van der Waals surface area contributed by atoms with Crippen molar-refractivity contribution in [1.82, 2.24) is 5.32 Å². The molecule has 0 amide bonds. The van der Waals surface area contributed by atoms with Crippen molar-refractivity contribution in [3.05, 3.63) is 28.8 Å². The first-order valence-electron chi connectivity index (χ1n) is 6.32. The Labute approximate surface area is 121 Å². The smallest absolute Gasteiger partial charge is 0.137 e. The van der Waals surface area contributed by atoms with Gasteiger partial charge in [0.05, 0.1) is 11.6 Å². The van der Waals surface area contributed by atoms with Crippen LogP contribution in [0.4, 0.5) is 0 Å². The van der Waals surface area contributed by atoms with Crippen LogP contribution >= 0.6 is 24.0 Å². The topological polar surface area (TPSA) is 21.3 Å². The van der Waals surface area contributed by atoms with Crippen molar-refractivity contribution < 1.29 is 4.74 Å². The van der Waals surface area contributed by atoms with Crippen molar-refractivity contribution in [3.63, 3.8) is 0 Å². The van der Waals surface area contributed by atoms with Gasteiger partial charge in [-0.3, -0.25) is 0 Å². The second kappa shape index (κ2) is 9.48. The molecule has 1 unspecified atom stereocenters. The van der Waals surface area contributed by atoms with Crippen LogP contribution in [0, 0.1) is 0 Å². The highest BCUT2D eigenvalue weighted by Crippen LogP contribution is 2.25. The van der Waals surface area contributed by atoms with Gasteiger partial charge in [0.15, 0.2) is 0 Å². The van der Waals surface area contributed by atoms with Crippen LogP contribution < -0.4 is 10.1 Å². The standard InChI is InChI=1S/C14H22ClNO.ClH/c1-4-8-17-14-7-6-12(9-13(14)15)10-16-11(3)5-2;/h6-7,9,11,16H,4-5,8,10H2,1-3H3;1H. The molecule has 0 fully saturated rings. The van der Waals surface area contributed by atoms with Gasteiger partial charge < -0.3 is 10.1 Å². The van der Waals surface area contributed by atoms with Crippen LogP contribution in [0.15, 0.2) is 18.2 Å². The number of hydrogen-bond acceptors (Lipinski definition) is 2. The number of rotatable bonds is 7. The number of hydrogen-bond donors (Lipinski definition) is 1. The lowest BCUT2D eigenvalue weighted by molar-refractivity contribution is 0.317. The molecule has 0 saturated carbocycles. The first kappa shape index (κ1) is 17.6. The van der Waals surface area contributed by atoms with Gasteiger partial charge in [0, 0.05) is 12.6 Å². The van der Waals surface area contributed by atoms with Crippen LogP contribution in [0.25, 0.3) is 0 Å². The van der Waals surface area contributed by atoms with E-state index in [0.717, 1.165) is 25.1 Å². The molecule has 104 valence electrons. The van der Waals surface area contributed by atoms with E-state index in [1.165, 1.54) is 5.56 Å². The minimum Gasteiger partial charge on any atom is -0.492 e. The molecule has 0 heterocycles. The molecule has 2 nitrogen and oxygen atoms in total. The normalized spacial score (nSPS) is 11.8. The van der Waals surface area contributed by atoms with E-state index >= 15 is 0 Å². The lowest BCUT2D eigenvalue weighted by Crippen LogP contribution is -2.24. The molecule has 18 heavy (non-hydrogen) atoms. The quantitative estimate of drug-likeness (QED) is 0.802. The van der Waals surface area contributed by atoms with Crippen LogP contribution in [0.1, 0.15) is 39.2 Å². The first-order chi connectivity index (χ1) is 8.17. The van der Waals surface area contributed by atoms with E-state index in [9.17, 15) is 0 Å². The molecule has 1 N–H and O–H groups in total. The number of benzene rings is 1. The Morgan fingerprint density at radius 3 is 2.61 bits per heavy atom. The number of halogens is 2.